The topological polar surface area (TPSA) is 93.2 Å². The summed E-state index contributed by atoms with van der Waals surface area (Å²) in [7, 11) is 0. The molecule has 0 fully saturated rings. The highest BCUT2D eigenvalue weighted by Gasteiger charge is 2.05. The molecule has 0 bridgehead atoms. The third kappa shape index (κ3) is 4.66. The average Bonchev–Trinajstić information content (AvgIpc) is 3.27. The molecule has 0 saturated carbocycles. The van der Waals surface area contributed by atoms with E-state index in [-0.39, 0.29) is 0 Å². The van der Waals surface area contributed by atoms with E-state index in [0.717, 1.165) is 17.9 Å². The molecule has 0 unspecified atom stereocenters. The molecule has 0 amide bonds. The van der Waals surface area contributed by atoms with Gasteiger partial charge in [0, 0.05) is 12.7 Å². The van der Waals surface area contributed by atoms with Crippen LogP contribution in [0.25, 0.3) is 5.69 Å². The van der Waals surface area contributed by atoms with Crippen molar-refractivity contribution < 1.29 is 4.52 Å². The highest BCUT2D eigenvalue weighted by molar-refractivity contribution is 5.79. The van der Waals surface area contributed by atoms with Crippen molar-refractivity contribution in [2.75, 3.05) is 6.54 Å². The summed E-state index contributed by atoms with van der Waals surface area (Å²) in [6, 6.07) is 11.9. The molecule has 25 heavy (non-hydrogen) atoms. The van der Waals surface area contributed by atoms with Crippen LogP contribution in [0.15, 0.2) is 52.1 Å². The van der Waals surface area contributed by atoms with Gasteiger partial charge in [0.1, 0.15) is 0 Å². The molecule has 130 valence electrons. The van der Waals surface area contributed by atoms with Crippen LogP contribution in [-0.2, 0) is 13.1 Å². The van der Waals surface area contributed by atoms with Gasteiger partial charge in [-0.3, -0.25) is 0 Å². The van der Waals surface area contributed by atoms with Gasteiger partial charge in [0.05, 0.1) is 24.5 Å². The Labute approximate surface area is 146 Å². The Bertz CT molecular complexity index is 822. The van der Waals surface area contributed by atoms with E-state index in [0.29, 0.717) is 30.8 Å². The summed E-state index contributed by atoms with van der Waals surface area (Å²) in [4.78, 5) is 8.70. The molecule has 8 heteroatoms. The number of aliphatic imine (C=N–C) groups is 1. The second-order valence-electron chi connectivity index (χ2n) is 5.37. The number of hydrogen-bond acceptors (Lipinski definition) is 5. The Morgan fingerprint density at radius 3 is 2.76 bits per heavy atom. The standard InChI is InChI=1S/C17H21N7O/c1-3-18-17(20-12-16-21-13(2)23-25-16)19-11-14-9-10-24(22-14)15-7-5-4-6-8-15/h4-10H,3,11-12H2,1-2H3,(H2,18,19,20). The van der Waals surface area contributed by atoms with E-state index in [1.54, 1.807) is 6.92 Å². The quantitative estimate of drug-likeness (QED) is 0.526. The Balaban J connectivity index is 1.62. The minimum Gasteiger partial charge on any atom is -0.357 e. The van der Waals surface area contributed by atoms with Gasteiger partial charge in [0.2, 0.25) is 5.89 Å². The number of aryl methyl sites for hydroxylation is 1. The van der Waals surface area contributed by atoms with Gasteiger partial charge in [0.15, 0.2) is 11.8 Å². The SMILES string of the molecule is CCNC(=NCc1ccn(-c2ccccc2)n1)NCc1nc(C)no1. The molecule has 0 saturated heterocycles. The van der Waals surface area contributed by atoms with Crippen molar-refractivity contribution in [2.24, 2.45) is 4.99 Å². The summed E-state index contributed by atoms with van der Waals surface area (Å²) < 4.78 is 6.93. The van der Waals surface area contributed by atoms with Gasteiger partial charge >= 0.3 is 0 Å². The zero-order valence-electron chi connectivity index (χ0n) is 14.3. The van der Waals surface area contributed by atoms with Gasteiger partial charge in [-0.2, -0.15) is 10.1 Å². The molecule has 1 aromatic carbocycles. The van der Waals surface area contributed by atoms with E-state index in [1.165, 1.54) is 0 Å². The second-order valence-corrected chi connectivity index (χ2v) is 5.37. The summed E-state index contributed by atoms with van der Waals surface area (Å²) in [5.74, 6) is 1.81. The van der Waals surface area contributed by atoms with Crippen LogP contribution < -0.4 is 10.6 Å². The molecule has 0 spiro atoms. The van der Waals surface area contributed by atoms with Crippen molar-refractivity contribution in [3.05, 3.63) is 60.0 Å². The first-order chi connectivity index (χ1) is 12.2. The Morgan fingerprint density at radius 1 is 1.20 bits per heavy atom. The highest BCUT2D eigenvalue weighted by atomic mass is 16.5. The van der Waals surface area contributed by atoms with Gasteiger partial charge < -0.3 is 15.2 Å². The molecule has 0 aliphatic carbocycles. The van der Waals surface area contributed by atoms with Crippen LogP contribution in [0.2, 0.25) is 0 Å². The fourth-order valence-corrected chi connectivity index (χ4v) is 2.24. The van der Waals surface area contributed by atoms with Gasteiger partial charge in [-0.15, -0.1) is 0 Å². The third-order valence-electron chi connectivity index (χ3n) is 3.39. The Morgan fingerprint density at radius 2 is 2.04 bits per heavy atom. The highest BCUT2D eigenvalue weighted by Crippen LogP contribution is 2.07. The summed E-state index contributed by atoms with van der Waals surface area (Å²) in [5, 5.41) is 14.7. The lowest BCUT2D eigenvalue weighted by Gasteiger charge is -2.08. The Hall–Kier alpha value is -3.16. The monoisotopic (exact) mass is 339 g/mol. The summed E-state index contributed by atoms with van der Waals surface area (Å²) in [6.45, 7) is 5.45. The third-order valence-corrected chi connectivity index (χ3v) is 3.39. The molecule has 0 radical (unpaired) electrons. The lowest BCUT2D eigenvalue weighted by atomic mass is 10.3. The van der Waals surface area contributed by atoms with Crippen molar-refractivity contribution in [3.8, 4) is 5.69 Å². The van der Waals surface area contributed by atoms with Gasteiger partial charge in [0.25, 0.3) is 0 Å². The zero-order valence-corrected chi connectivity index (χ0v) is 14.3. The normalized spacial score (nSPS) is 11.5. The molecule has 3 aromatic rings. The average molecular weight is 339 g/mol. The molecule has 0 aliphatic rings. The second kappa shape index (κ2) is 8.09. The van der Waals surface area contributed by atoms with Crippen LogP contribution >= 0.6 is 0 Å². The van der Waals surface area contributed by atoms with Crippen LogP contribution in [0, 0.1) is 6.92 Å². The number of rotatable bonds is 6. The number of benzene rings is 1. The van der Waals surface area contributed by atoms with Crippen molar-refractivity contribution in [2.45, 2.75) is 26.9 Å². The van der Waals surface area contributed by atoms with E-state index in [2.05, 4.69) is 30.9 Å². The molecule has 0 aliphatic heterocycles. The molecular formula is C17H21N7O. The van der Waals surface area contributed by atoms with Crippen molar-refractivity contribution in [3.63, 3.8) is 0 Å². The first kappa shape index (κ1) is 16.7. The van der Waals surface area contributed by atoms with Crippen molar-refractivity contribution >= 4 is 5.96 Å². The lowest BCUT2D eigenvalue weighted by Crippen LogP contribution is -2.36. The van der Waals surface area contributed by atoms with Gasteiger partial charge in [-0.25, -0.2) is 9.67 Å². The number of aromatic nitrogens is 4. The predicted octanol–water partition coefficient (Wildman–Crippen LogP) is 1.82. The molecule has 2 aromatic heterocycles. The number of hydrogen-bond donors (Lipinski definition) is 2. The number of para-hydroxylation sites is 1. The van der Waals surface area contributed by atoms with E-state index >= 15 is 0 Å². The predicted molar refractivity (Wildman–Crippen MR) is 94.3 cm³/mol. The van der Waals surface area contributed by atoms with Crippen LogP contribution in [0.4, 0.5) is 0 Å². The largest absolute Gasteiger partial charge is 0.357 e. The Kier molecular flexibility index (Phi) is 5.40. The van der Waals surface area contributed by atoms with Crippen LogP contribution in [0.1, 0.15) is 24.3 Å². The maximum Gasteiger partial charge on any atom is 0.246 e. The molecule has 3 rings (SSSR count). The van der Waals surface area contributed by atoms with Gasteiger partial charge in [-0.1, -0.05) is 23.4 Å². The van der Waals surface area contributed by atoms with Gasteiger partial charge in [-0.05, 0) is 32.0 Å². The minimum atomic E-state index is 0.422. The molecule has 0 atom stereocenters. The first-order valence-electron chi connectivity index (χ1n) is 8.16. The maximum absolute atomic E-state index is 5.09. The van der Waals surface area contributed by atoms with Crippen LogP contribution in [0.5, 0.6) is 0 Å². The first-order valence-corrected chi connectivity index (χ1v) is 8.16. The number of guanidine groups is 1. The van der Waals surface area contributed by atoms with Crippen LogP contribution in [0.3, 0.4) is 0 Å². The lowest BCUT2D eigenvalue weighted by molar-refractivity contribution is 0.371. The summed E-state index contributed by atoms with van der Waals surface area (Å²) in [5.41, 5.74) is 1.91. The van der Waals surface area contributed by atoms with E-state index in [9.17, 15) is 0 Å². The molecule has 8 nitrogen and oxygen atoms in total. The van der Waals surface area contributed by atoms with Crippen molar-refractivity contribution in [1.82, 2.24) is 30.6 Å². The maximum atomic E-state index is 5.09. The zero-order chi connectivity index (χ0) is 17.5. The molecular weight excluding hydrogens is 318 g/mol. The summed E-state index contributed by atoms with van der Waals surface area (Å²) in [6.07, 6.45) is 1.93. The van der Waals surface area contributed by atoms with Crippen LogP contribution in [-0.4, -0.2) is 32.4 Å². The van der Waals surface area contributed by atoms with E-state index in [4.69, 9.17) is 4.52 Å². The molecule has 2 N–H and O–H groups in total. The smallest absolute Gasteiger partial charge is 0.246 e. The van der Waals surface area contributed by atoms with E-state index < -0.39 is 0 Å². The number of nitrogens with zero attached hydrogens (tertiary/aromatic N) is 5. The fraction of sp³-hybridized carbons (Fsp3) is 0.294. The minimum absolute atomic E-state index is 0.422. The summed E-state index contributed by atoms with van der Waals surface area (Å²) >= 11 is 0. The fourth-order valence-electron chi connectivity index (χ4n) is 2.24. The molecule has 2 heterocycles. The van der Waals surface area contributed by atoms with E-state index in [1.807, 2.05) is 54.2 Å². The van der Waals surface area contributed by atoms with Crippen molar-refractivity contribution in [1.29, 1.82) is 0 Å². The number of nitrogens with one attached hydrogen (secondary N) is 2.